The van der Waals surface area contributed by atoms with Crippen LogP contribution in [-0.2, 0) is 31.4 Å². The van der Waals surface area contributed by atoms with Gasteiger partial charge in [0.05, 0.1) is 51.9 Å². The van der Waals surface area contributed by atoms with Gasteiger partial charge in [-0.15, -0.1) is 5.10 Å². The van der Waals surface area contributed by atoms with Crippen molar-refractivity contribution in [2.24, 2.45) is 0 Å². The molecular weight excluding hydrogens is 539 g/mol. The summed E-state index contributed by atoms with van der Waals surface area (Å²) in [6, 6.07) is 8.94. The molecule has 0 N–H and O–H groups in total. The molecule has 2 amide bonds. The third-order valence-electron chi connectivity index (χ3n) is 5.47. The van der Waals surface area contributed by atoms with E-state index >= 15 is 0 Å². The van der Waals surface area contributed by atoms with Gasteiger partial charge in [-0.05, 0) is 37.4 Å². The summed E-state index contributed by atoms with van der Waals surface area (Å²) in [5, 5.41) is 9.65. The van der Waals surface area contributed by atoms with Gasteiger partial charge in [-0.3, -0.25) is 19.1 Å². The Labute approximate surface area is 211 Å². The number of benzene rings is 2. The van der Waals surface area contributed by atoms with Crippen molar-refractivity contribution in [3.63, 3.8) is 0 Å². The summed E-state index contributed by atoms with van der Waals surface area (Å²) in [7, 11) is -3.13. The lowest BCUT2D eigenvalue weighted by molar-refractivity contribution is 0.0596. The molecule has 35 heavy (non-hydrogen) atoms. The van der Waals surface area contributed by atoms with Gasteiger partial charge >= 0.3 is 7.60 Å². The van der Waals surface area contributed by atoms with Crippen LogP contribution in [0.4, 0.5) is 0 Å². The van der Waals surface area contributed by atoms with Gasteiger partial charge in [-0.25, -0.2) is 4.68 Å². The Kier molecular flexibility index (Phi) is 8.13. The van der Waals surface area contributed by atoms with E-state index in [1.54, 1.807) is 42.9 Å². The molecule has 0 aliphatic carbocycles. The molecule has 12 heteroatoms. The van der Waals surface area contributed by atoms with Gasteiger partial charge in [-0.2, -0.15) is 0 Å². The molecule has 3 aromatic rings. The van der Waals surface area contributed by atoms with Crippen LogP contribution in [0.1, 0.15) is 40.3 Å². The van der Waals surface area contributed by atoms with E-state index in [1.807, 2.05) is 12.1 Å². The Bertz CT molecular complexity index is 1260. The Balaban J connectivity index is 1.35. The van der Waals surface area contributed by atoms with Crippen LogP contribution < -0.4 is 0 Å². The predicted octanol–water partition coefficient (Wildman–Crippen LogP) is 4.27. The van der Waals surface area contributed by atoms with Crippen molar-refractivity contribution in [3.05, 3.63) is 57.8 Å². The van der Waals surface area contributed by atoms with Crippen LogP contribution in [0.25, 0.3) is 10.8 Å². The number of rotatable bonds is 12. The topological polar surface area (TPSA) is 113 Å². The van der Waals surface area contributed by atoms with Crippen LogP contribution in [0.15, 0.2) is 41.0 Å². The van der Waals surface area contributed by atoms with Crippen molar-refractivity contribution in [1.29, 1.82) is 0 Å². The summed E-state index contributed by atoms with van der Waals surface area (Å²) in [5.41, 5.74) is 1.45. The molecule has 0 atom stereocenters. The summed E-state index contributed by atoms with van der Waals surface area (Å²) in [5.74, 6) is -0.728. The third-order valence-corrected chi connectivity index (χ3v) is 8.20. The fourth-order valence-corrected chi connectivity index (χ4v) is 5.87. The minimum absolute atomic E-state index is 0.0102. The van der Waals surface area contributed by atoms with Crippen molar-refractivity contribution in [3.8, 4) is 0 Å². The smallest absolute Gasteiger partial charge is 0.332 e. The van der Waals surface area contributed by atoms with Crippen molar-refractivity contribution in [2.75, 3.05) is 32.6 Å². The molecule has 1 aromatic heterocycles. The maximum Gasteiger partial charge on any atom is 0.332 e. The number of ether oxygens (including phenoxy) is 1. The first-order valence-corrected chi connectivity index (χ1v) is 13.8. The molecule has 0 saturated heterocycles. The highest BCUT2D eigenvalue weighted by Crippen LogP contribution is 2.47. The lowest BCUT2D eigenvalue weighted by Gasteiger charge is -2.26. The van der Waals surface area contributed by atoms with Crippen molar-refractivity contribution in [2.45, 2.75) is 26.9 Å². The van der Waals surface area contributed by atoms with E-state index in [4.69, 9.17) is 13.8 Å². The maximum atomic E-state index is 13.1. The van der Waals surface area contributed by atoms with Crippen LogP contribution in [-0.4, -0.2) is 64.3 Å². The molecule has 4 rings (SSSR count). The first kappa shape index (κ1) is 25.7. The summed E-state index contributed by atoms with van der Waals surface area (Å²) in [4.78, 5) is 27.4. The fraction of sp³-hybridized carbons (Fsp3) is 0.391. The van der Waals surface area contributed by atoms with E-state index in [2.05, 4.69) is 26.2 Å². The average molecular weight is 565 g/mol. The third kappa shape index (κ3) is 5.54. The molecule has 186 valence electrons. The van der Waals surface area contributed by atoms with E-state index in [0.29, 0.717) is 48.6 Å². The van der Waals surface area contributed by atoms with Crippen LogP contribution in [0.3, 0.4) is 0 Å². The maximum absolute atomic E-state index is 13.1. The Morgan fingerprint density at radius 1 is 1.00 bits per heavy atom. The molecule has 0 bridgehead atoms. The summed E-state index contributed by atoms with van der Waals surface area (Å²) in [6.45, 7) is 5.08. The lowest BCUT2D eigenvalue weighted by atomic mass is 9.94. The second kappa shape index (κ2) is 11.1. The Morgan fingerprint density at radius 3 is 2.43 bits per heavy atom. The van der Waals surface area contributed by atoms with E-state index in [9.17, 15) is 14.2 Å². The quantitative estimate of drug-likeness (QED) is 0.182. The molecule has 0 spiro atoms. The molecule has 1 aliphatic heterocycles. The van der Waals surface area contributed by atoms with Crippen LogP contribution >= 0.6 is 23.5 Å². The number of nitrogens with zero attached hydrogens (tertiary/aromatic N) is 4. The van der Waals surface area contributed by atoms with E-state index in [0.717, 1.165) is 9.86 Å². The van der Waals surface area contributed by atoms with Crippen LogP contribution in [0.2, 0.25) is 0 Å². The molecule has 10 nitrogen and oxygen atoms in total. The molecule has 0 fully saturated rings. The fourth-order valence-electron chi connectivity index (χ4n) is 3.93. The highest BCUT2D eigenvalue weighted by Gasteiger charge is 2.33. The number of amides is 2. The molecular formula is C23H26BrN4O6P. The SMILES string of the molecule is CCOP(=O)(CCOCCn1cc(CN2C(=O)c3cccc4c(Br)ccc(c34)C2=O)nn1)OCC. The van der Waals surface area contributed by atoms with Crippen LogP contribution in [0.5, 0.6) is 0 Å². The van der Waals surface area contributed by atoms with E-state index in [1.165, 1.54) is 4.90 Å². The zero-order chi connectivity index (χ0) is 25.0. The number of hydrogen-bond acceptors (Lipinski definition) is 8. The Hall–Kier alpha value is -2.43. The number of imide groups is 1. The number of carbonyl (C=O) groups is 2. The van der Waals surface area contributed by atoms with Gasteiger partial charge in [0, 0.05) is 21.0 Å². The van der Waals surface area contributed by atoms with Gasteiger partial charge in [-0.1, -0.05) is 33.3 Å². The summed E-state index contributed by atoms with van der Waals surface area (Å²) < 4.78 is 30.9. The van der Waals surface area contributed by atoms with Gasteiger partial charge in [0.15, 0.2) is 0 Å². The predicted molar refractivity (Wildman–Crippen MR) is 132 cm³/mol. The van der Waals surface area contributed by atoms with E-state index in [-0.39, 0.29) is 31.1 Å². The molecule has 0 saturated carbocycles. The van der Waals surface area contributed by atoms with Crippen molar-refractivity contribution in [1.82, 2.24) is 19.9 Å². The average Bonchev–Trinajstić information content (AvgIpc) is 3.28. The number of hydrogen-bond donors (Lipinski definition) is 0. The summed E-state index contributed by atoms with van der Waals surface area (Å²) >= 11 is 3.49. The second-order valence-corrected chi connectivity index (χ2v) is 10.8. The first-order valence-electron chi connectivity index (χ1n) is 11.3. The Morgan fingerprint density at radius 2 is 1.71 bits per heavy atom. The van der Waals surface area contributed by atoms with Crippen molar-refractivity contribution < 1.29 is 27.9 Å². The lowest BCUT2D eigenvalue weighted by Crippen LogP contribution is -2.39. The van der Waals surface area contributed by atoms with Crippen LogP contribution in [0, 0.1) is 0 Å². The minimum Gasteiger partial charge on any atom is -0.379 e. The molecule has 1 aliphatic rings. The second-order valence-electron chi connectivity index (χ2n) is 7.77. The first-order chi connectivity index (χ1) is 16.9. The number of carbonyl (C=O) groups excluding carboxylic acids is 2. The molecule has 2 aromatic carbocycles. The van der Waals surface area contributed by atoms with Gasteiger partial charge < -0.3 is 13.8 Å². The highest BCUT2D eigenvalue weighted by atomic mass is 79.9. The number of halogens is 1. The molecule has 0 radical (unpaired) electrons. The molecule has 0 unspecified atom stereocenters. The standard InChI is InChI=1S/C23H26BrN4O6P/c1-3-33-35(31,34-4-2)13-12-32-11-10-27-14-16(25-26-27)15-28-22(29)18-7-5-6-17-20(24)9-8-19(21(17)18)23(28)30/h5-9,14H,3-4,10-13,15H2,1-2H3. The normalized spacial score (nSPS) is 13.7. The van der Waals surface area contributed by atoms with Crippen molar-refractivity contribution >= 4 is 46.1 Å². The van der Waals surface area contributed by atoms with Gasteiger partial charge in [0.25, 0.3) is 11.8 Å². The minimum atomic E-state index is -3.13. The van der Waals surface area contributed by atoms with Gasteiger partial charge in [0.1, 0.15) is 5.69 Å². The highest BCUT2D eigenvalue weighted by molar-refractivity contribution is 9.10. The van der Waals surface area contributed by atoms with E-state index < -0.39 is 7.60 Å². The summed E-state index contributed by atoms with van der Waals surface area (Å²) in [6.07, 6.45) is 1.84. The number of aromatic nitrogens is 3. The molecule has 2 heterocycles. The monoisotopic (exact) mass is 564 g/mol. The van der Waals surface area contributed by atoms with Gasteiger partial charge in [0.2, 0.25) is 0 Å². The zero-order valence-corrected chi connectivity index (χ0v) is 22.0. The largest absolute Gasteiger partial charge is 0.379 e. The zero-order valence-electron chi connectivity index (χ0n) is 19.5.